The molecule has 0 N–H and O–H groups in total. The second-order valence-electron chi connectivity index (χ2n) is 5.48. The van der Waals surface area contributed by atoms with Crippen molar-refractivity contribution in [3.63, 3.8) is 0 Å². The molecule has 3 rings (SSSR count). The molecule has 0 saturated carbocycles. The zero-order chi connectivity index (χ0) is 17.1. The summed E-state index contributed by atoms with van der Waals surface area (Å²) in [6.45, 7) is 3.98. The smallest absolute Gasteiger partial charge is 0.335 e. The van der Waals surface area contributed by atoms with Gasteiger partial charge in [0, 0.05) is 17.1 Å². The molecule has 0 fully saturated rings. The van der Waals surface area contributed by atoms with Crippen LogP contribution in [0.1, 0.15) is 11.6 Å². The summed E-state index contributed by atoms with van der Waals surface area (Å²) in [7, 11) is 3.01. The van der Waals surface area contributed by atoms with Crippen molar-refractivity contribution in [1.82, 2.24) is 4.57 Å². The molecule has 4 heteroatoms. The number of fused-ring (bicyclic) bond motifs is 1. The van der Waals surface area contributed by atoms with E-state index in [4.69, 9.17) is 9.47 Å². The van der Waals surface area contributed by atoms with Crippen molar-refractivity contribution in [3.8, 4) is 5.75 Å². The van der Waals surface area contributed by atoms with Crippen molar-refractivity contribution < 1.29 is 14.3 Å². The Balaban J connectivity index is 2.16. The molecule has 0 saturated heterocycles. The van der Waals surface area contributed by atoms with Gasteiger partial charge in [0.05, 0.1) is 25.8 Å². The lowest BCUT2D eigenvalue weighted by Gasteiger charge is -2.22. The summed E-state index contributed by atoms with van der Waals surface area (Å²) in [5.41, 5.74) is 2.35. The fourth-order valence-corrected chi connectivity index (χ4v) is 2.90. The number of hydrogen-bond acceptors (Lipinski definition) is 3. The summed E-state index contributed by atoms with van der Waals surface area (Å²) in [6.07, 6.45) is 1.95. The predicted octanol–water partition coefficient (Wildman–Crippen LogP) is 3.97. The van der Waals surface area contributed by atoms with Gasteiger partial charge < -0.3 is 14.0 Å². The average molecular weight is 321 g/mol. The molecule has 0 spiro atoms. The number of carbonyl (C=O) groups excluding carboxylic acids is 1. The van der Waals surface area contributed by atoms with Crippen LogP contribution in [-0.2, 0) is 9.53 Å². The van der Waals surface area contributed by atoms with Crippen molar-refractivity contribution in [1.29, 1.82) is 0 Å². The van der Waals surface area contributed by atoms with Gasteiger partial charge in [-0.1, -0.05) is 36.9 Å². The van der Waals surface area contributed by atoms with Gasteiger partial charge in [-0.25, -0.2) is 4.79 Å². The zero-order valence-electron chi connectivity index (χ0n) is 13.7. The van der Waals surface area contributed by atoms with Crippen LogP contribution in [0.3, 0.4) is 0 Å². The third-order valence-corrected chi connectivity index (χ3v) is 4.10. The SMILES string of the molecule is C=C(C(=O)OC)[C@H](c1ccccc1)n1ccc2cc(OC)ccc21. The summed E-state index contributed by atoms with van der Waals surface area (Å²) in [4.78, 5) is 12.1. The van der Waals surface area contributed by atoms with Crippen LogP contribution in [0.4, 0.5) is 0 Å². The highest BCUT2D eigenvalue weighted by molar-refractivity contribution is 5.90. The summed E-state index contributed by atoms with van der Waals surface area (Å²) in [6, 6.07) is 17.3. The molecule has 0 aliphatic carbocycles. The number of rotatable bonds is 5. The highest BCUT2D eigenvalue weighted by Gasteiger charge is 2.24. The summed E-state index contributed by atoms with van der Waals surface area (Å²) < 4.78 is 12.2. The van der Waals surface area contributed by atoms with Crippen molar-refractivity contribution in [3.05, 3.63) is 78.5 Å². The minimum absolute atomic E-state index is 0.329. The van der Waals surface area contributed by atoms with E-state index in [2.05, 4.69) is 6.58 Å². The normalized spacial score (nSPS) is 11.9. The number of methoxy groups -OCH3 is 2. The van der Waals surface area contributed by atoms with Crippen molar-refractivity contribution in [2.75, 3.05) is 14.2 Å². The molecule has 122 valence electrons. The first-order valence-electron chi connectivity index (χ1n) is 7.62. The van der Waals surface area contributed by atoms with Gasteiger partial charge in [-0.15, -0.1) is 0 Å². The Hall–Kier alpha value is -3.01. The maximum atomic E-state index is 12.1. The van der Waals surface area contributed by atoms with Crippen LogP contribution in [0.15, 0.2) is 72.9 Å². The van der Waals surface area contributed by atoms with E-state index in [0.717, 1.165) is 22.2 Å². The van der Waals surface area contributed by atoms with Gasteiger partial charge in [0.25, 0.3) is 0 Å². The van der Waals surface area contributed by atoms with Gasteiger partial charge >= 0.3 is 5.97 Å². The third-order valence-electron chi connectivity index (χ3n) is 4.10. The quantitative estimate of drug-likeness (QED) is 0.527. The highest BCUT2D eigenvalue weighted by Crippen LogP contribution is 2.32. The van der Waals surface area contributed by atoms with Gasteiger partial charge in [0.1, 0.15) is 5.75 Å². The van der Waals surface area contributed by atoms with Gasteiger partial charge in [-0.05, 0) is 29.8 Å². The Bertz CT molecular complexity index is 880. The highest BCUT2D eigenvalue weighted by atomic mass is 16.5. The number of aromatic nitrogens is 1. The Morgan fingerprint density at radius 2 is 1.83 bits per heavy atom. The Morgan fingerprint density at radius 3 is 2.50 bits per heavy atom. The first-order chi connectivity index (χ1) is 11.7. The summed E-state index contributed by atoms with van der Waals surface area (Å²) in [5, 5.41) is 1.04. The van der Waals surface area contributed by atoms with Crippen molar-refractivity contribution in [2.45, 2.75) is 6.04 Å². The topological polar surface area (TPSA) is 40.5 Å². The average Bonchev–Trinajstić information content (AvgIpc) is 3.04. The van der Waals surface area contributed by atoms with Gasteiger partial charge in [0.15, 0.2) is 0 Å². The second-order valence-corrected chi connectivity index (χ2v) is 5.48. The lowest BCUT2D eigenvalue weighted by molar-refractivity contribution is -0.136. The molecule has 1 atom stereocenters. The van der Waals surface area contributed by atoms with Crippen LogP contribution < -0.4 is 4.74 Å². The van der Waals surface area contributed by atoms with Crippen molar-refractivity contribution in [2.24, 2.45) is 0 Å². The lowest BCUT2D eigenvalue weighted by atomic mass is 9.99. The molecule has 2 aromatic carbocycles. The van der Waals surface area contributed by atoms with E-state index in [9.17, 15) is 4.79 Å². The number of carbonyl (C=O) groups is 1. The maximum Gasteiger partial charge on any atom is 0.335 e. The van der Waals surface area contributed by atoms with Gasteiger partial charge in [0.2, 0.25) is 0 Å². The summed E-state index contributed by atoms with van der Waals surface area (Å²) >= 11 is 0. The predicted molar refractivity (Wildman–Crippen MR) is 94.2 cm³/mol. The molecule has 0 aliphatic heterocycles. The van der Waals surface area contributed by atoms with Crippen LogP contribution in [0, 0.1) is 0 Å². The van der Waals surface area contributed by atoms with Gasteiger partial charge in [-0.3, -0.25) is 0 Å². The fraction of sp³-hybridized carbons (Fsp3) is 0.150. The van der Waals surface area contributed by atoms with E-state index in [0.29, 0.717) is 5.57 Å². The first kappa shape index (κ1) is 15.9. The molecule has 1 heterocycles. The number of benzene rings is 2. The number of nitrogens with zero attached hydrogens (tertiary/aromatic N) is 1. The van der Waals surface area contributed by atoms with Crippen LogP contribution in [0.2, 0.25) is 0 Å². The molecular formula is C20H19NO3. The minimum atomic E-state index is -0.417. The monoisotopic (exact) mass is 321 g/mol. The van der Waals surface area contributed by atoms with E-state index in [1.54, 1.807) is 7.11 Å². The fourth-order valence-electron chi connectivity index (χ4n) is 2.90. The van der Waals surface area contributed by atoms with E-state index in [1.165, 1.54) is 7.11 Å². The third kappa shape index (κ3) is 2.78. The van der Waals surface area contributed by atoms with Crippen molar-refractivity contribution >= 4 is 16.9 Å². The van der Waals surface area contributed by atoms with E-state index < -0.39 is 5.97 Å². The molecule has 24 heavy (non-hydrogen) atoms. The Morgan fingerprint density at radius 1 is 1.08 bits per heavy atom. The summed E-state index contributed by atoms with van der Waals surface area (Å²) in [5.74, 6) is 0.377. The molecule has 0 unspecified atom stereocenters. The zero-order valence-corrected chi connectivity index (χ0v) is 13.7. The number of hydrogen-bond donors (Lipinski definition) is 0. The minimum Gasteiger partial charge on any atom is -0.497 e. The number of esters is 1. The molecule has 1 aromatic heterocycles. The lowest BCUT2D eigenvalue weighted by Crippen LogP contribution is -2.18. The first-order valence-corrected chi connectivity index (χ1v) is 7.62. The Kier molecular flexibility index (Phi) is 4.38. The molecule has 0 bridgehead atoms. The van der Waals surface area contributed by atoms with E-state index in [1.807, 2.05) is 65.4 Å². The number of ether oxygens (including phenoxy) is 2. The van der Waals surface area contributed by atoms with E-state index >= 15 is 0 Å². The second kappa shape index (κ2) is 6.62. The standard InChI is InChI=1S/C20H19NO3/c1-14(20(22)24-3)19(15-7-5-4-6-8-15)21-12-11-16-13-17(23-2)9-10-18(16)21/h4-13,19H,1H2,2-3H3/t19-/m1/s1. The largest absolute Gasteiger partial charge is 0.497 e. The molecule has 0 radical (unpaired) electrons. The van der Waals surface area contributed by atoms with Crippen LogP contribution >= 0.6 is 0 Å². The molecule has 4 nitrogen and oxygen atoms in total. The van der Waals surface area contributed by atoms with Crippen LogP contribution in [0.25, 0.3) is 10.9 Å². The Labute approximate surface area is 140 Å². The van der Waals surface area contributed by atoms with Crippen LogP contribution in [0.5, 0.6) is 5.75 Å². The molecule has 3 aromatic rings. The molecular weight excluding hydrogens is 302 g/mol. The van der Waals surface area contributed by atoms with Crippen LogP contribution in [-0.4, -0.2) is 24.8 Å². The molecule has 0 aliphatic rings. The van der Waals surface area contributed by atoms with Gasteiger partial charge in [-0.2, -0.15) is 0 Å². The molecule has 0 amide bonds. The maximum absolute atomic E-state index is 12.1. The van der Waals surface area contributed by atoms with E-state index in [-0.39, 0.29) is 6.04 Å².